The Labute approximate surface area is 129 Å². The largest absolute Gasteiger partial charge is 0.465 e. The van der Waals surface area contributed by atoms with Gasteiger partial charge in [-0.2, -0.15) is 0 Å². The Morgan fingerprint density at radius 3 is 2.85 bits per heavy atom. The Morgan fingerprint density at radius 2 is 2.20 bits per heavy atom. The Hall–Kier alpha value is -1.60. The average molecular weight is 354 g/mol. The van der Waals surface area contributed by atoms with Gasteiger partial charge >= 0.3 is 5.97 Å². The number of carbonyl (C=O) groups is 1. The molecule has 0 saturated heterocycles. The molecule has 7 heteroatoms. The lowest BCUT2D eigenvalue weighted by molar-refractivity contribution is 0.0600. The van der Waals surface area contributed by atoms with E-state index in [1.54, 1.807) is 30.5 Å². The third-order valence-electron chi connectivity index (χ3n) is 2.47. The molecule has 0 aliphatic rings. The number of nitrogens with zero attached hydrogens (tertiary/aromatic N) is 2. The highest BCUT2D eigenvalue weighted by atomic mass is 79.9. The number of nitrogens with one attached hydrogen (secondary N) is 1. The van der Waals surface area contributed by atoms with Crippen LogP contribution in [0.2, 0.25) is 0 Å². The second-order valence-corrected chi connectivity index (χ2v) is 5.37. The highest BCUT2D eigenvalue weighted by molar-refractivity contribution is 9.10. The summed E-state index contributed by atoms with van der Waals surface area (Å²) in [5.74, 6) is 0.319. The van der Waals surface area contributed by atoms with Gasteiger partial charge in [-0.3, -0.25) is 0 Å². The van der Waals surface area contributed by atoms with Crippen molar-refractivity contribution in [3.63, 3.8) is 0 Å². The van der Waals surface area contributed by atoms with Crippen LogP contribution in [0, 0.1) is 0 Å². The van der Waals surface area contributed by atoms with Crippen LogP contribution in [-0.4, -0.2) is 29.3 Å². The van der Waals surface area contributed by atoms with Crippen LogP contribution in [0.3, 0.4) is 0 Å². The van der Waals surface area contributed by atoms with Crippen molar-refractivity contribution in [2.75, 3.05) is 18.7 Å². The van der Waals surface area contributed by atoms with Crippen molar-refractivity contribution in [1.82, 2.24) is 9.97 Å². The van der Waals surface area contributed by atoms with Crippen LogP contribution in [0.4, 0.5) is 11.5 Å². The van der Waals surface area contributed by atoms with E-state index in [1.807, 2.05) is 6.26 Å². The molecular weight excluding hydrogens is 342 g/mol. The van der Waals surface area contributed by atoms with Crippen LogP contribution in [0.15, 0.2) is 40.1 Å². The van der Waals surface area contributed by atoms with Crippen molar-refractivity contribution < 1.29 is 9.53 Å². The maximum atomic E-state index is 11.4. The standard InChI is InChI=1S/C13H12BrN3O2S/c1-19-12(18)8-3-4-10(9(14)7-8)16-11-5-6-15-13(17-11)20-2/h3-7H,1-2H3,(H,15,16,17). The first-order valence-electron chi connectivity index (χ1n) is 5.66. The predicted molar refractivity (Wildman–Crippen MR) is 82.6 cm³/mol. The summed E-state index contributed by atoms with van der Waals surface area (Å²) in [5, 5.41) is 3.86. The molecule has 104 valence electrons. The summed E-state index contributed by atoms with van der Waals surface area (Å²) in [7, 11) is 1.35. The molecule has 0 aliphatic heterocycles. The number of ether oxygens (including phenoxy) is 1. The lowest BCUT2D eigenvalue weighted by atomic mass is 10.2. The van der Waals surface area contributed by atoms with Gasteiger partial charge in [0.2, 0.25) is 0 Å². The van der Waals surface area contributed by atoms with Crippen LogP contribution in [0.5, 0.6) is 0 Å². The van der Waals surface area contributed by atoms with Gasteiger partial charge in [-0.25, -0.2) is 14.8 Å². The fourth-order valence-corrected chi connectivity index (χ4v) is 2.34. The number of anilines is 2. The number of aromatic nitrogens is 2. The summed E-state index contributed by atoms with van der Waals surface area (Å²) in [6, 6.07) is 6.96. The molecule has 0 fully saturated rings. The van der Waals surface area contributed by atoms with E-state index < -0.39 is 0 Å². The van der Waals surface area contributed by atoms with Gasteiger partial charge in [0.1, 0.15) is 5.82 Å². The molecule has 0 radical (unpaired) electrons. The van der Waals surface area contributed by atoms with Crippen molar-refractivity contribution >= 4 is 45.2 Å². The Balaban J connectivity index is 2.23. The monoisotopic (exact) mass is 353 g/mol. The molecule has 1 aromatic carbocycles. The summed E-state index contributed by atoms with van der Waals surface area (Å²) in [6.45, 7) is 0. The van der Waals surface area contributed by atoms with Crippen molar-refractivity contribution in [2.45, 2.75) is 5.16 Å². The molecule has 1 N–H and O–H groups in total. The Bertz CT molecular complexity index is 637. The molecule has 0 atom stereocenters. The summed E-state index contributed by atoms with van der Waals surface area (Å²) >= 11 is 4.89. The normalized spacial score (nSPS) is 10.2. The zero-order valence-corrected chi connectivity index (χ0v) is 13.3. The molecule has 2 aromatic rings. The molecule has 0 bridgehead atoms. The Morgan fingerprint density at radius 1 is 1.40 bits per heavy atom. The van der Waals surface area contributed by atoms with E-state index in [1.165, 1.54) is 18.9 Å². The van der Waals surface area contributed by atoms with Gasteiger partial charge in [0.25, 0.3) is 0 Å². The van der Waals surface area contributed by atoms with E-state index in [2.05, 4.69) is 36.0 Å². The minimum absolute atomic E-state index is 0.371. The van der Waals surface area contributed by atoms with Gasteiger partial charge in [0.05, 0.1) is 18.4 Å². The fraction of sp³-hybridized carbons (Fsp3) is 0.154. The minimum Gasteiger partial charge on any atom is -0.465 e. The maximum Gasteiger partial charge on any atom is 0.337 e. The number of rotatable bonds is 4. The second kappa shape index (κ2) is 6.71. The molecule has 0 aliphatic carbocycles. The zero-order valence-electron chi connectivity index (χ0n) is 10.9. The van der Waals surface area contributed by atoms with Gasteiger partial charge in [0, 0.05) is 10.7 Å². The molecule has 1 aromatic heterocycles. The number of carbonyl (C=O) groups excluding carboxylic acids is 1. The average Bonchev–Trinajstić information content (AvgIpc) is 2.48. The fourth-order valence-electron chi connectivity index (χ4n) is 1.51. The van der Waals surface area contributed by atoms with Crippen LogP contribution >= 0.6 is 27.7 Å². The predicted octanol–water partition coefficient (Wildman–Crippen LogP) is 3.49. The quantitative estimate of drug-likeness (QED) is 0.515. The zero-order chi connectivity index (χ0) is 14.5. The molecule has 0 saturated carbocycles. The molecule has 20 heavy (non-hydrogen) atoms. The van der Waals surface area contributed by atoms with Crippen molar-refractivity contribution in [1.29, 1.82) is 0 Å². The van der Waals surface area contributed by atoms with Crippen LogP contribution in [0.25, 0.3) is 0 Å². The summed E-state index contributed by atoms with van der Waals surface area (Å²) in [6.07, 6.45) is 3.61. The van der Waals surface area contributed by atoms with Gasteiger partial charge in [-0.15, -0.1) is 0 Å². The molecule has 0 spiro atoms. The third kappa shape index (κ3) is 3.49. The topological polar surface area (TPSA) is 64.1 Å². The smallest absolute Gasteiger partial charge is 0.337 e. The van der Waals surface area contributed by atoms with E-state index in [4.69, 9.17) is 0 Å². The van der Waals surface area contributed by atoms with Crippen molar-refractivity contribution in [3.8, 4) is 0 Å². The minimum atomic E-state index is -0.371. The highest BCUT2D eigenvalue weighted by Gasteiger charge is 2.09. The maximum absolute atomic E-state index is 11.4. The van der Waals surface area contributed by atoms with E-state index in [-0.39, 0.29) is 5.97 Å². The van der Waals surface area contributed by atoms with E-state index in [0.29, 0.717) is 16.5 Å². The number of hydrogen-bond acceptors (Lipinski definition) is 6. The van der Waals surface area contributed by atoms with Crippen molar-refractivity contribution in [3.05, 3.63) is 40.5 Å². The van der Waals surface area contributed by atoms with Crippen LogP contribution in [-0.2, 0) is 4.74 Å². The van der Waals surface area contributed by atoms with Crippen LogP contribution < -0.4 is 5.32 Å². The van der Waals surface area contributed by atoms with E-state index in [9.17, 15) is 4.79 Å². The van der Waals surface area contributed by atoms with Crippen molar-refractivity contribution in [2.24, 2.45) is 0 Å². The van der Waals surface area contributed by atoms with Gasteiger partial charge in [-0.05, 0) is 46.5 Å². The second-order valence-electron chi connectivity index (χ2n) is 3.74. The summed E-state index contributed by atoms with van der Waals surface area (Å²) in [4.78, 5) is 19.9. The highest BCUT2D eigenvalue weighted by Crippen LogP contribution is 2.27. The summed E-state index contributed by atoms with van der Waals surface area (Å²) < 4.78 is 5.43. The molecule has 0 unspecified atom stereocenters. The molecular formula is C13H12BrN3O2S. The number of esters is 1. The van der Waals surface area contributed by atoms with E-state index in [0.717, 1.165) is 10.2 Å². The summed E-state index contributed by atoms with van der Waals surface area (Å²) in [5.41, 5.74) is 1.29. The molecule has 2 rings (SSSR count). The number of thioether (sulfide) groups is 1. The van der Waals surface area contributed by atoms with Crippen LogP contribution in [0.1, 0.15) is 10.4 Å². The lowest BCUT2D eigenvalue weighted by Crippen LogP contribution is -2.02. The first-order valence-corrected chi connectivity index (χ1v) is 7.67. The third-order valence-corrected chi connectivity index (χ3v) is 3.69. The number of methoxy groups -OCH3 is 1. The SMILES string of the molecule is COC(=O)c1ccc(Nc2ccnc(SC)n2)c(Br)c1. The first-order chi connectivity index (χ1) is 9.63. The molecule has 1 heterocycles. The number of benzene rings is 1. The van der Waals surface area contributed by atoms with Gasteiger partial charge < -0.3 is 10.1 Å². The number of halogens is 1. The number of hydrogen-bond donors (Lipinski definition) is 1. The molecule has 0 amide bonds. The van der Waals surface area contributed by atoms with E-state index >= 15 is 0 Å². The van der Waals surface area contributed by atoms with Gasteiger partial charge in [-0.1, -0.05) is 11.8 Å². The Kier molecular flexibility index (Phi) is 4.97. The van der Waals surface area contributed by atoms with Gasteiger partial charge in [0.15, 0.2) is 5.16 Å². The lowest BCUT2D eigenvalue weighted by Gasteiger charge is -2.09. The first kappa shape index (κ1) is 14.8. The molecule has 5 nitrogen and oxygen atoms in total.